The largest absolute Gasteiger partial charge is 0.481 e. The first-order chi connectivity index (χ1) is 15.7. The summed E-state index contributed by atoms with van der Waals surface area (Å²) >= 11 is 0. The van der Waals surface area contributed by atoms with Gasteiger partial charge in [-0.25, -0.2) is 0 Å². The van der Waals surface area contributed by atoms with E-state index in [1.807, 2.05) is 13.8 Å². The number of carboxylic acid groups (broad SMARTS) is 2. The number of nitrogens with one attached hydrogen (secondary N) is 1. The van der Waals surface area contributed by atoms with Crippen molar-refractivity contribution in [3.63, 3.8) is 0 Å². The zero-order chi connectivity index (χ0) is 25.1. The SMILES string of the molecule is C=C1NC(=O)C(C#N)C2(CCCCC2)C1C#N.CC.O=C(O)CC1(CC(=O)O)CCCCC1. The monoisotopic (exact) mass is 459 g/mol. The molecule has 0 aromatic carbocycles. The van der Waals surface area contributed by atoms with Crippen molar-refractivity contribution in [3.05, 3.63) is 12.3 Å². The Hall–Kier alpha value is -2.87. The van der Waals surface area contributed by atoms with Crippen molar-refractivity contribution < 1.29 is 24.6 Å². The molecule has 8 heteroatoms. The Bertz CT molecular complexity index is 744. The molecule has 0 bridgehead atoms. The van der Waals surface area contributed by atoms with Gasteiger partial charge in [0.1, 0.15) is 5.92 Å². The van der Waals surface area contributed by atoms with Gasteiger partial charge >= 0.3 is 11.9 Å². The zero-order valence-corrected chi connectivity index (χ0v) is 19.9. The number of nitriles is 2. The molecule has 1 heterocycles. The highest BCUT2D eigenvalue weighted by Crippen LogP contribution is 2.52. The normalized spacial score (nSPS) is 25.0. The molecule has 8 nitrogen and oxygen atoms in total. The average molecular weight is 460 g/mol. The minimum Gasteiger partial charge on any atom is -0.481 e. The maximum absolute atomic E-state index is 11.9. The van der Waals surface area contributed by atoms with Gasteiger partial charge in [0.2, 0.25) is 5.91 Å². The van der Waals surface area contributed by atoms with Crippen molar-refractivity contribution >= 4 is 17.8 Å². The van der Waals surface area contributed by atoms with Crippen LogP contribution in [0.25, 0.3) is 0 Å². The number of nitrogens with zero attached hydrogens (tertiary/aromatic N) is 2. The maximum Gasteiger partial charge on any atom is 0.303 e. The molecule has 182 valence electrons. The molecule has 1 saturated heterocycles. The lowest BCUT2D eigenvalue weighted by atomic mass is 9.57. The number of hydrogen-bond donors (Lipinski definition) is 3. The topological polar surface area (TPSA) is 151 Å². The molecular weight excluding hydrogens is 422 g/mol. The summed E-state index contributed by atoms with van der Waals surface area (Å²) in [5, 5.41) is 38.6. The van der Waals surface area contributed by atoms with E-state index in [1.54, 1.807) is 0 Å². The number of aliphatic carboxylic acids is 2. The van der Waals surface area contributed by atoms with Crippen LogP contribution in [0, 0.1) is 45.3 Å². The molecule has 1 spiro atoms. The van der Waals surface area contributed by atoms with Crippen LogP contribution in [0.2, 0.25) is 0 Å². The molecule has 0 aromatic heterocycles. The standard InChI is InChI=1S/C13H15N3O.C10H16O4.C2H6/c1-9-10(7-14)13(5-3-2-4-6-13)11(8-15)12(17)16-9;11-8(12)6-10(7-9(13)14)4-2-1-3-5-10;1-2/h10-11H,1-6H2,(H,16,17);1-7H2,(H,11,12)(H,13,14);1-2H3. The van der Waals surface area contributed by atoms with Crippen LogP contribution in [0.1, 0.15) is 90.9 Å². The van der Waals surface area contributed by atoms with E-state index in [2.05, 4.69) is 24.0 Å². The Morgan fingerprint density at radius 1 is 0.909 bits per heavy atom. The number of hydrogen-bond acceptors (Lipinski definition) is 5. The van der Waals surface area contributed by atoms with E-state index in [1.165, 1.54) is 0 Å². The Morgan fingerprint density at radius 2 is 1.33 bits per heavy atom. The van der Waals surface area contributed by atoms with Crippen molar-refractivity contribution in [3.8, 4) is 12.1 Å². The fourth-order valence-corrected chi connectivity index (χ4v) is 5.62. The van der Waals surface area contributed by atoms with E-state index < -0.39 is 34.6 Å². The summed E-state index contributed by atoms with van der Waals surface area (Å²) in [6, 6.07) is 4.33. The first-order valence-corrected chi connectivity index (χ1v) is 11.9. The molecule has 2 unspecified atom stereocenters. The Labute approximate surface area is 196 Å². The lowest BCUT2D eigenvalue weighted by molar-refractivity contribution is -0.145. The number of carbonyl (C=O) groups excluding carboxylic acids is 1. The predicted octanol–water partition coefficient (Wildman–Crippen LogP) is 4.77. The van der Waals surface area contributed by atoms with Gasteiger partial charge in [0.05, 0.1) is 30.9 Å². The molecule has 1 amide bonds. The van der Waals surface area contributed by atoms with Gasteiger partial charge in [-0.15, -0.1) is 0 Å². The molecule has 3 fully saturated rings. The highest BCUT2D eigenvalue weighted by atomic mass is 16.4. The number of piperidine rings is 1. The predicted molar refractivity (Wildman–Crippen MR) is 122 cm³/mol. The minimum atomic E-state index is -0.881. The second-order valence-corrected chi connectivity index (χ2v) is 9.13. The molecule has 2 atom stereocenters. The Morgan fingerprint density at radius 3 is 1.73 bits per heavy atom. The average Bonchev–Trinajstić information content (AvgIpc) is 2.76. The van der Waals surface area contributed by atoms with Crippen LogP contribution in [0.5, 0.6) is 0 Å². The summed E-state index contributed by atoms with van der Waals surface area (Å²) in [4.78, 5) is 33.2. The van der Waals surface area contributed by atoms with Crippen LogP contribution in [0.3, 0.4) is 0 Å². The first kappa shape index (κ1) is 28.2. The van der Waals surface area contributed by atoms with Crippen molar-refractivity contribution in [2.24, 2.45) is 22.7 Å². The molecular formula is C25H37N3O5. The van der Waals surface area contributed by atoms with Crippen molar-refractivity contribution in [1.29, 1.82) is 10.5 Å². The van der Waals surface area contributed by atoms with Crippen LogP contribution in [0.15, 0.2) is 12.3 Å². The second kappa shape index (κ2) is 13.0. The van der Waals surface area contributed by atoms with Crippen LogP contribution in [-0.2, 0) is 14.4 Å². The van der Waals surface area contributed by atoms with E-state index >= 15 is 0 Å². The van der Waals surface area contributed by atoms with Crippen molar-refractivity contribution in [1.82, 2.24) is 5.32 Å². The summed E-state index contributed by atoms with van der Waals surface area (Å²) < 4.78 is 0. The third-order valence-electron chi connectivity index (χ3n) is 7.05. The molecule has 3 N–H and O–H groups in total. The van der Waals surface area contributed by atoms with Crippen molar-refractivity contribution in [2.45, 2.75) is 90.9 Å². The van der Waals surface area contributed by atoms with Gasteiger partial charge in [-0.05, 0) is 31.1 Å². The maximum atomic E-state index is 11.9. The molecule has 33 heavy (non-hydrogen) atoms. The first-order valence-electron chi connectivity index (χ1n) is 11.9. The lowest BCUT2D eigenvalue weighted by Crippen LogP contribution is -2.53. The summed E-state index contributed by atoms with van der Waals surface area (Å²) in [6.45, 7) is 7.77. The molecule has 2 saturated carbocycles. The molecule has 2 aliphatic carbocycles. The zero-order valence-electron chi connectivity index (χ0n) is 19.9. The molecule has 3 aliphatic rings. The summed E-state index contributed by atoms with van der Waals surface area (Å²) in [5.74, 6) is -3.18. The van der Waals surface area contributed by atoms with E-state index in [0.29, 0.717) is 5.70 Å². The lowest BCUT2D eigenvalue weighted by Gasteiger charge is -2.46. The number of allylic oxidation sites excluding steroid dienone is 1. The van der Waals surface area contributed by atoms with Gasteiger partial charge in [0, 0.05) is 11.1 Å². The van der Waals surface area contributed by atoms with Crippen LogP contribution >= 0.6 is 0 Å². The van der Waals surface area contributed by atoms with E-state index in [9.17, 15) is 24.9 Å². The van der Waals surface area contributed by atoms with Crippen LogP contribution in [0.4, 0.5) is 0 Å². The summed E-state index contributed by atoms with van der Waals surface area (Å²) in [7, 11) is 0. The second-order valence-electron chi connectivity index (χ2n) is 9.13. The number of carboxylic acids is 2. The number of carbonyl (C=O) groups is 3. The Balaban J connectivity index is 0.000000313. The van der Waals surface area contributed by atoms with Gasteiger partial charge in [0.15, 0.2) is 0 Å². The molecule has 0 aromatic rings. The highest BCUT2D eigenvalue weighted by molar-refractivity contribution is 5.85. The van der Waals surface area contributed by atoms with Crippen molar-refractivity contribution in [2.75, 3.05) is 0 Å². The van der Waals surface area contributed by atoms with E-state index in [-0.39, 0.29) is 18.7 Å². The quantitative estimate of drug-likeness (QED) is 0.547. The minimum absolute atomic E-state index is 0.000694. The third kappa shape index (κ3) is 7.05. The van der Waals surface area contributed by atoms with E-state index in [4.69, 9.17) is 10.2 Å². The highest BCUT2D eigenvalue weighted by Gasteiger charge is 2.54. The van der Waals surface area contributed by atoms with Crippen LogP contribution in [-0.4, -0.2) is 28.1 Å². The van der Waals surface area contributed by atoms with Gasteiger partial charge in [-0.1, -0.05) is 59.0 Å². The van der Waals surface area contributed by atoms with Gasteiger partial charge in [0.25, 0.3) is 0 Å². The Kier molecular flexibility index (Phi) is 11.1. The van der Waals surface area contributed by atoms with Crippen LogP contribution < -0.4 is 5.32 Å². The van der Waals surface area contributed by atoms with Gasteiger partial charge < -0.3 is 15.5 Å². The molecule has 0 radical (unpaired) electrons. The number of amides is 1. The molecule has 3 rings (SSSR count). The third-order valence-corrected chi connectivity index (χ3v) is 7.05. The smallest absolute Gasteiger partial charge is 0.303 e. The van der Waals surface area contributed by atoms with Gasteiger partial charge in [-0.2, -0.15) is 10.5 Å². The van der Waals surface area contributed by atoms with E-state index in [0.717, 1.165) is 64.2 Å². The number of rotatable bonds is 4. The summed E-state index contributed by atoms with van der Waals surface area (Å²) in [6.07, 6.45) is 9.13. The van der Waals surface area contributed by atoms with Gasteiger partial charge in [-0.3, -0.25) is 14.4 Å². The fourth-order valence-electron chi connectivity index (χ4n) is 5.62. The molecule has 1 aliphatic heterocycles. The summed E-state index contributed by atoms with van der Waals surface area (Å²) in [5.41, 5.74) is -0.511. The fraction of sp³-hybridized carbons (Fsp3) is 0.720.